The van der Waals surface area contributed by atoms with E-state index in [9.17, 15) is 9.59 Å². The van der Waals surface area contributed by atoms with Crippen molar-refractivity contribution in [1.82, 2.24) is 0 Å². The third-order valence-electron chi connectivity index (χ3n) is 5.15. The molecule has 0 unspecified atom stereocenters. The minimum absolute atomic E-state index is 0.0392. The predicted molar refractivity (Wildman–Crippen MR) is 94.2 cm³/mol. The lowest BCUT2D eigenvalue weighted by Gasteiger charge is -2.35. The monoisotopic (exact) mass is 356 g/mol. The Morgan fingerprint density at radius 3 is 2.54 bits per heavy atom. The van der Waals surface area contributed by atoms with Crippen LogP contribution in [0.5, 0.6) is 17.2 Å². The number of hydrogen-bond acceptors (Lipinski definition) is 6. The molecule has 2 aromatic rings. The molecule has 26 heavy (non-hydrogen) atoms. The largest absolute Gasteiger partial charge is 0.493 e. The van der Waals surface area contributed by atoms with Crippen LogP contribution in [0.3, 0.4) is 0 Å². The average molecular weight is 356 g/mol. The number of hydrogen-bond donors (Lipinski definition) is 0. The van der Waals surface area contributed by atoms with Gasteiger partial charge in [0, 0.05) is 11.6 Å². The molecule has 0 bridgehead atoms. The predicted octanol–water partition coefficient (Wildman–Crippen LogP) is 3.46. The van der Waals surface area contributed by atoms with Crippen LogP contribution in [0.2, 0.25) is 0 Å². The van der Waals surface area contributed by atoms with Gasteiger partial charge in [0.05, 0.1) is 20.1 Å². The quantitative estimate of drug-likeness (QED) is 0.838. The highest BCUT2D eigenvalue weighted by molar-refractivity contribution is 6.01. The molecular weight excluding hydrogens is 336 g/mol. The van der Waals surface area contributed by atoms with Crippen LogP contribution >= 0.6 is 0 Å². The molecule has 4 rings (SSSR count). The molecule has 1 aliphatic heterocycles. The van der Waals surface area contributed by atoms with E-state index in [0.29, 0.717) is 28.6 Å². The van der Waals surface area contributed by atoms with Crippen molar-refractivity contribution in [2.75, 3.05) is 14.2 Å². The number of carbonyl (C=O) groups is 1. The Kier molecular flexibility index (Phi) is 4.18. The second-order valence-electron chi connectivity index (χ2n) is 6.62. The Morgan fingerprint density at radius 1 is 1.00 bits per heavy atom. The highest BCUT2D eigenvalue weighted by atomic mass is 16.5. The summed E-state index contributed by atoms with van der Waals surface area (Å²) in [5, 5.41) is 0. The fourth-order valence-corrected chi connectivity index (χ4v) is 3.81. The number of methoxy groups -OCH3 is 2. The summed E-state index contributed by atoms with van der Waals surface area (Å²) in [5.41, 5.74) is 0.0306. The third kappa shape index (κ3) is 2.66. The van der Waals surface area contributed by atoms with Gasteiger partial charge in [-0.3, -0.25) is 4.79 Å². The maximum atomic E-state index is 12.7. The van der Waals surface area contributed by atoms with Crippen molar-refractivity contribution in [2.45, 2.75) is 31.8 Å². The maximum Gasteiger partial charge on any atom is 0.351 e. The smallest absolute Gasteiger partial charge is 0.351 e. The van der Waals surface area contributed by atoms with E-state index >= 15 is 0 Å². The molecule has 6 heteroatoms. The molecule has 0 radical (unpaired) electrons. The zero-order valence-electron chi connectivity index (χ0n) is 14.7. The van der Waals surface area contributed by atoms with E-state index in [1.807, 2.05) is 0 Å². The average Bonchev–Trinajstić information content (AvgIpc) is 2.67. The van der Waals surface area contributed by atoms with E-state index in [0.717, 1.165) is 25.7 Å². The second kappa shape index (κ2) is 6.52. The summed E-state index contributed by atoms with van der Waals surface area (Å²) in [6, 6.07) is 6.84. The molecule has 1 aromatic carbocycles. The summed E-state index contributed by atoms with van der Waals surface area (Å²) in [4.78, 5) is 25.2. The van der Waals surface area contributed by atoms with E-state index in [1.165, 1.54) is 7.11 Å². The molecule has 0 amide bonds. The van der Waals surface area contributed by atoms with Crippen LogP contribution in [-0.4, -0.2) is 26.1 Å². The second-order valence-corrected chi connectivity index (χ2v) is 6.62. The molecule has 0 spiro atoms. The normalized spacial score (nSPS) is 21.4. The van der Waals surface area contributed by atoms with Crippen molar-refractivity contribution in [3.63, 3.8) is 0 Å². The highest BCUT2D eigenvalue weighted by Crippen LogP contribution is 2.39. The molecule has 1 fully saturated rings. The first-order chi connectivity index (χ1) is 12.6. The molecule has 2 atom stereocenters. The molecule has 1 aromatic heterocycles. The highest BCUT2D eigenvalue weighted by Gasteiger charge is 2.41. The zero-order valence-corrected chi connectivity index (χ0v) is 14.7. The van der Waals surface area contributed by atoms with Gasteiger partial charge in [-0.05, 0) is 37.5 Å². The lowest BCUT2D eigenvalue weighted by molar-refractivity contribution is 0.0514. The van der Waals surface area contributed by atoms with Gasteiger partial charge in [0.1, 0.15) is 23.2 Å². The van der Waals surface area contributed by atoms with E-state index in [4.69, 9.17) is 18.6 Å². The third-order valence-corrected chi connectivity index (χ3v) is 5.15. The van der Waals surface area contributed by atoms with Crippen LogP contribution in [0.1, 0.15) is 36.0 Å². The lowest BCUT2D eigenvalue weighted by Crippen LogP contribution is -2.42. The van der Waals surface area contributed by atoms with E-state index in [1.54, 1.807) is 31.4 Å². The number of Topliss-reactive ketones (excluding diaryl/α,β-unsaturated/α-hetero) is 1. The summed E-state index contributed by atoms with van der Waals surface area (Å²) < 4.78 is 22.0. The lowest BCUT2D eigenvalue weighted by atomic mass is 9.80. The standard InChI is InChI=1S/C20H20O6/c1-23-14-8-7-11(9-16(14)24-2)15-10-17-18(20(22)26-15)19(21)12-5-3-4-6-13(12)25-17/h7-10,12-13H,3-6H2,1-2H3/t12-,13-/m1/s1. The molecule has 136 valence electrons. The molecule has 2 aliphatic rings. The van der Waals surface area contributed by atoms with Crippen molar-refractivity contribution in [3.8, 4) is 28.6 Å². The molecular formula is C20H20O6. The van der Waals surface area contributed by atoms with Gasteiger partial charge in [-0.2, -0.15) is 0 Å². The first-order valence-corrected chi connectivity index (χ1v) is 8.73. The number of fused-ring (bicyclic) bond motifs is 2. The summed E-state index contributed by atoms with van der Waals surface area (Å²) in [5.74, 6) is 1.37. The Hall–Kier alpha value is -2.76. The van der Waals surface area contributed by atoms with Crippen LogP contribution in [0.25, 0.3) is 11.3 Å². The maximum absolute atomic E-state index is 12.7. The SMILES string of the molecule is COc1ccc(-c2cc3c(c(=O)o2)C(=O)[C@@H]2CCCC[C@H]2O3)cc1OC. The molecule has 6 nitrogen and oxygen atoms in total. The minimum Gasteiger partial charge on any atom is -0.493 e. The van der Waals surface area contributed by atoms with Crippen LogP contribution in [0.4, 0.5) is 0 Å². The topological polar surface area (TPSA) is 75.0 Å². The summed E-state index contributed by atoms with van der Waals surface area (Å²) in [6.07, 6.45) is 3.47. The van der Waals surface area contributed by atoms with Gasteiger partial charge in [-0.25, -0.2) is 4.79 Å². The van der Waals surface area contributed by atoms with Crippen molar-refractivity contribution in [2.24, 2.45) is 5.92 Å². The van der Waals surface area contributed by atoms with E-state index in [-0.39, 0.29) is 23.4 Å². The molecule has 0 N–H and O–H groups in total. The Morgan fingerprint density at radius 2 is 1.77 bits per heavy atom. The van der Waals surface area contributed by atoms with Gasteiger partial charge < -0.3 is 18.6 Å². The van der Waals surface area contributed by atoms with Gasteiger partial charge >= 0.3 is 5.63 Å². The molecule has 1 aliphatic carbocycles. The molecule has 1 saturated carbocycles. The van der Waals surface area contributed by atoms with Crippen molar-refractivity contribution in [1.29, 1.82) is 0 Å². The van der Waals surface area contributed by atoms with Gasteiger partial charge in [0.2, 0.25) is 0 Å². The van der Waals surface area contributed by atoms with E-state index in [2.05, 4.69) is 0 Å². The Labute approximate surface area is 150 Å². The van der Waals surface area contributed by atoms with Crippen LogP contribution in [0, 0.1) is 5.92 Å². The minimum atomic E-state index is -0.652. The zero-order chi connectivity index (χ0) is 18.3. The number of ether oxygens (including phenoxy) is 3. The van der Waals surface area contributed by atoms with Crippen molar-refractivity contribution < 1.29 is 23.4 Å². The number of rotatable bonds is 3. The first-order valence-electron chi connectivity index (χ1n) is 8.73. The molecule has 2 heterocycles. The summed E-state index contributed by atoms with van der Waals surface area (Å²) in [7, 11) is 3.09. The summed E-state index contributed by atoms with van der Waals surface area (Å²) in [6.45, 7) is 0. The summed E-state index contributed by atoms with van der Waals surface area (Å²) >= 11 is 0. The number of ketones is 1. The number of benzene rings is 1. The van der Waals surface area contributed by atoms with Crippen molar-refractivity contribution >= 4 is 5.78 Å². The number of carbonyl (C=O) groups excluding carboxylic acids is 1. The first kappa shape index (κ1) is 16.7. The van der Waals surface area contributed by atoms with E-state index < -0.39 is 5.63 Å². The van der Waals surface area contributed by atoms with Gasteiger partial charge in [-0.1, -0.05) is 6.42 Å². The molecule has 0 saturated heterocycles. The van der Waals surface area contributed by atoms with Crippen LogP contribution < -0.4 is 19.8 Å². The van der Waals surface area contributed by atoms with Gasteiger partial charge in [0.25, 0.3) is 0 Å². The van der Waals surface area contributed by atoms with Gasteiger partial charge in [0.15, 0.2) is 17.3 Å². The fourth-order valence-electron chi connectivity index (χ4n) is 3.81. The Balaban J connectivity index is 1.78. The fraction of sp³-hybridized carbons (Fsp3) is 0.400. The van der Waals surface area contributed by atoms with Crippen LogP contribution in [-0.2, 0) is 0 Å². The van der Waals surface area contributed by atoms with Crippen molar-refractivity contribution in [3.05, 3.63) is 40.2 Å². The Bertz CT molecular complexity index is 913. The van der Waals surface area contributed by atoms with Gasteiger partial charge in [-0.15, -0.1) is 0 Å². The van der Waals surface area contributed by atoms with Crippen LogP contribution in [0.15, 0.2) is 33.5 Å².